The average molecular weight is 266 g/mol. The van der Waals surface area contributed by atoms with Crippen LogP contribution in [0.4, 0.5) is 0 Å². The zero-order chi connectivity index (χ0) is 12.3. The smallest absolute Gasteiger partial charge is 0.309 e. The second-order valence-corrected chi connectivity index (χ2v) is 5.52. The van der Waals surface area contributed by atoms with E-state index >= 15 is 0 Å². The van der Waals surface area contributed by atoms with Gasteiger partial charge < -0.3 is 5.11 Å². The van der Waals surface area contributed by atoms with E-state index in [1.165, 1.54) is 23.1 Å². The Hall–Kier alpha value is -1.40. The second-order valence-electron chi connectivity index (χ2n) is 3.39. The van der Waals surface area contributed by atoms with E-state index in [9.17, 15) is 4.79 Å². The molecule has 2 aromatic heterocycles. The first-order valence-electron chi connectivity index (χ1n) is 4.91. The summed E-state index contributed by atoms with van der Waals surface area (Å²) in [7, 11) is 0. The van der Waals surface area contributed by atoms with Gasteiger partial charge in [-0.05, 0) is 30.8 Å². The molecule has 1 N–H and O–H groups in total. The Morgan fingerprint density at radius 1 is 1.47 bits per heavy atom. The molecule has 17 heavy (non-hydrogen) atoms. The Kier molecular flexibility index (Phi) is 3.75. The van der Waals surface area contributed by atoms with Gasteiger partial charge in [0.2, 0.25) is 0 Å². The van der Waals surface area contributed by atoms with Gasteiger partial charge in [-0.1, -0.05) is 6.07 Å². The lowest BCUT2D eigenvalue weighted by molar-refractivity contribution is -0.136. The minimum absolute atomic E-state index is 0.0295. The van der Waals surface area contributed by atoms with Crippen LogP contribution >= 0.6 is 23.1 Å². The molecule has 0 aliphatic carbocycles. The van der Waals surface area contributed by atoms with Crippen LogP contribution in [0.1, 0.15) is 11.4 Å². The van der Waals surface area contributed by atoms with Gasteiger partial charge in [0, 0.05) is 11.1 Å². The number of carboxylic acids is 1. The lowest BCUT2D eigenvalue weighted by atomic mass is 10.3. The monoisotopic (exact) mass is 266 g/mol. The number of aromatic nitrogens is 2. The van der Waals surface area contributed by atoms with E-state index in [1.54, 1.807) is 5.38 Å². The van der Waals surface area contributed by atoms with E-state index in [2.05, 4.69) is 9.97 Å². The summed E-state index contributed by atoms with van der Waals surface area (Å²) in [5, 5.41) is 11.3. The SMILES string of the molecule is Cc1cccc(Sc2nc(CC(=O)O)cs2)n1. The number of pyridine rings is 1. The number of hydrogen-bond donors (Lipinski definition) is 1. The predicted octanol–water partition coefficient (Wildman–Crippen LogP) is 2.62. The van der Waals surface area contributed by atoms with Gasteiger partial charge in [0.15, 0.2) is 4.34 Å². The molecule has 0 unspecified atom stereocenters. The van der Waals surface area contributed by atoms with Crippen molar-refractivity contribution < 1.29 is 9.90 Å². The number of hydrogen-bond acceptors (Lipinski definition) is 5. The number of aliphatic carboxylic acids is 1. The third-order valence-electron chi connectivity index (χ3n) is 1.92. The maximum absolute atomic E-state index is 10.5. The number of rotatable bonds is 4. The number of nitrogens with zero attached hydrogens (tertiary/aromatic N) is 2. The maximum atomic E-state index is 10.5. The lowest BCUT2D eigenvalue weighted by Gasteiger charge is -1.97. The molecule has 0 aromatic carbocycles. The Morgan fingerprint density at radius 3 is 3.00 bits per heavy atom. The Morgan fingerprint density at radius 2 is 2.29 bits per heavy atom. The first-order chi connectivity index (χ1) is 8.13. The highest BCUT2D eigenvalue weighted by Gasteiger charge is 2.07. The van der Waals surface area contributed by atoms with Crippen LogP contribution < -0.4 is 0 Å². The molecular weight excluding hydrogens is 256 g/mol. The average Bonchev–Trinajstić information content (AvgIpc) is 2.64. The topological polar surface area (TPSA) is 63.1 Å². The molecule has 0 fully saturated rings. The highest BCUT2D eigenvalue weighted by molar-refractivity contribution is 8.01. The fraction of sp³-hybridized carbons (Fsp3) is 0.182. The molecule has 2 heterocycles. The van der Waals surface area contributed by atoms with Crippen molar-refractivity contribution in [2.75, 3.05) is 0 Å². The summed E-state index contributed by atoms with van der Waals surface area (Å²) in [5.74, 6) is -0.861. The van der Waals surface area contributed by atoms with E-state index in [-0.39, 0.29) is 6.42 Å². The molecule has 0 saturated carbocycles. The van der Waals surface area contributed by atoms with Crippen molar-refractivity contribution >= 4 is 29.1 Å². The number of thiazole rings is 1. The first kappa shape index (κ1) is 12.1. The van der Waals surface area contributed by atoms with Crippen LogP contribution in [0.15, 0.2) is 32.9 Å². The molecule has 0 amide bonds. The quantitative estimate of drug-likeness (QED) is 0.921. The van der Waals surface area contributed by atoms with Gasteiger partial charge in [-0.3, -0.25) is 4.79 Å². The summed E-state index contributed by atoms with van der Waals surface area (Å²) < 4.78 is 0.819. The van der Waals surface area contributed by atoms with Crippen molar-refractivity contribution in [3.63, 3.8) is 0 Å². The third-order valence-corrected chi connectivity index (χ3v) is 3.84. The standard InChI is InChI=1S/C11H10N2O2S2/c1-7-3-2-4-9(12-7)17-11-13-8(6-16-11)5-10(14)15/h2-4,6H,5H2,1H3,(H,14,15). The van der Waals surface area contributed by atoms with Crippen LogP contribution in [0.3, 0.4) is 0 Å². The van der Waals surface area contributed by atoms with Gasteiger partial charge in [-0.25, -0.2) is 9.97 Å². The molecule has 6 heteroatoms. The largest absolute Gasteiger partial charge is 0.481 e. The summed E-state index contributed by atoms with van der Waals surface area (Å²) >= 11 is 2.89. The van der Waals surface area contributed by atoms with Crippen molar-refractivity contribution in [1.82, 2.24) is 9.97 Å². The molecule has 0 saturated heterocycles. The second kappa shape index (κ2) is 5.29. The van der Waals surface area contributed by atoms with Crippen LogP contribution in [-0.4, -0.2) is 21.0 Å². The molecule has 2 aromatic rings. The number of carbonyl (C=O) groups is 1. The van der Waals surface area contributed by atoms with Gasteiger partial charge in [0.25, 0.3) is 0 Å². The minimum Gasteiger partial charge on any atom is -0.481 e. The highest BCUT2D eigenvalue weighted by Crippen LogP contribution is 2.29. The van der Waals surface area contributed by atoms with Crippen LogP contribution in [0.2, 0.25) is 0 Å². The molecule has 0 aliphatic rings. The van der Waals surface area contributed by atoms with Crippen LogP contribution in [0.5, 0.6) is 0 Å². The van der Waals surface area contributed by atoms with Crippen LogP contribution in [0.25, 0.3) is 0 Å². The summed E-state index contributed by atoms with van der Waals surface area (Å²) in [4.78, 5) is 19.1. The fourth-order valence-corrected chi connectivity index (χ4v) is 3.05. The molecule has 2 rings (SSSR count). The van der Waals surface area contributed by atoms with Crippen molar-refractivity contribution in [2.24, 2.45) is 0 Å². The molecule has 0 atom stereocenters. The summed E-state index contributed by atoms with van der Waals surface area (Å²) in [6.07, 6.45) is -0.0295. The van der Waals surface area contributed by atoms with Crippen molar-refractivity contribution in [3.05, 3.63) is 35.0 Å². The zero-order valence-corrected chi connectivity index (χ0v) is 10.7. The molecule has 4 nitrogen and oxygen atoms in total. The molecule has 0 radical (unpaired) electrons. The number of aryl methyl sites for hydroxylation is 1. The molecule has 0 bridgehead atoms. The van der Waals surface area contributed by atoms with Crippen LogP contribution in [0, 0.1) is 6.92 Å². The van der Waals surface area contributed by atoms with Gasteiger partial charge in [0.1, 0.15) is 5.03 Å². The number of carboxylic acid groups (broad SMARTS) is 1. The summed E-state index contributed by atoms with van der Waals surface area (Å²) in [5.41, 5.74) is 1.55. The Bertz CT molecular complexity index is 540. The normalized spacial score (nSPS) is 10.4. The van der Waals surface area contributed by atoms with Crippen molar-refractivity contribution in [1.29, 1.82) is 0 Å². The van der Waals surface area contributed by atoms with Crippen LogP contribution in [-0.2, 0) is 11.2 Å². The maximum Gasteiger partial charge on any atom is 0.309 e. The van der Waals surface area contributed by atoms with Gasteiger partial charge >= 0.3 is 5.97 Å². The summed E-state index contributed by atoms with van der Waals surface area (Å²) in [6.45, 7) is 1.93. The van der Waals surface area contributed by atoms with E-state index in [0.717, 1.165) is 15.1 Å². The van der Waals surface area contributed by atoms with Gasteiger partial charge in [-0.2, -0.15) is 0 Å². The molecule has 0 spiro atoms. The van der Waals surface area contributed by atoms with E-state index in [4.69, 9.17) is 5.11 Å². The first-order valence-corrected chi connectivity index (χ1v) is 6.61. The lowest BCUT2D eigenvalue weighted by Crippen LogP contribution is -1.99. The van der Waals surface area contributed by atoms with E-state index in [1.807, 2.05) is 25.1 Å². The summed E-state index contributed by atoms with van der Waals surface area (Å²) in [6, 6.07) is 5.79. The molecule has 88 valence electrons. The molecule has 0 aliphatic heterocycles. The zero-order valence-electron chi connectivity index (χ0n) is 9.08. The van der Waals surface area contributed by atoms with E-state index < -0.39 is 5.97 Å². The third kappa shape index (κ3) is 3.54. The fourth-order valence-electron chi connectivity index (χ4n) is 1.24. The Balaban J connectivity index is 2.08. The molecular formula is C11H10N2O2S2. The van der Waals surface area contributed by atoms with Gasteiger partial charge in [0.05, 0.1) is 12.1 Å². The predicted molar refractivity (Wildman–Crippen MR) is 66.6 cm³/mol. The minimum atomic E-state index is -0.861. The van der Waals surface area contributed by atoms with E-state index in [0.29, 0.717) is 5.69 Å². The highest BCUT2D eigenvalue weighted by atomic mass is 32.2. The van der Waals surface area contributed by atoms with Crippen molar-refractivity contribution in [2.45, 2.75) is 22.7 Å². The Labute approximate surface area is 107 Å². The van der Waals surface area contributed by atoms with Gasteiger partial charge in [-0.15, -0.1) is 11.3 Å². The van der Waals surface area contributed by atoms with Crippen molar-refractivity contribution in [3.8, 4) is 0 Å².